The Balaban J connectivity index is 2.86. The number of aromatic nitrogens is 2. The predicted octanol–water partition coefficient (Wildman–Crippen LogP) is 1.46. The van der Waals surface area contributed by atoms with Gasteiger partial charge in [0.25, 0.3) is 0 Å². The molecule has 56 valence electrons. The summed E-state index contributed by atoms with van der Waals surface area (Å²) in [6.45, 7) is 0. The van der Waals surface area contributed by atoms with E-state index in [9.17, 15) is 0 Å². The van der Waals surface area contributed by atoms with E-state index >= 15 is 0 Å². The third-order valence-corrected chi connectivity index (χ3v) is 1.51. The van der Waals surface area contributed by atoms with Crippen molar-refractivity contribution in [3.8, 4) is 0 Å². The Labute approximate surface area is 66.9 Å². The van der Waals surface area contributed by atoms with E-state index < -0.39 is 0 Å². The number of anilines is 1. The number of nitrogen functional groups attached to an aromatic ring is 1. The van der Waals surface area contributed by atoms with Crippen molar-refractivity contribution in [2.45, 2.75) is 0 Å². The molecule has 0 fully saturated rings. The smallest absolute Gasteiger partial charge is 0.193 e. The highest BCUT2D eigenvalue weighted by Crippen LogP contribution is 2.20. The molecule has 0 spiro atoms. The van der Waals surface area contributed by atoms with Crippen LogP contribution in [0.15, 0.2) is 16.8 Å². The van der Waals surface area contributed by atoms with E-state index in [0.29, 0.717) is 16.1 Å². The summed E-state index contributed by atoms with van der Waals surface area (Å²) in [4.78, 5) is 3.93. The van der Waals surface area contributed by atoms with Crippen LogP contribution in [0.1, 0.15) is 0 Å². The number of pyridine rings is 1. The summed E-state index contributed by atoms with van der Waals surface area (Å²) in [7, 11) is 0. The molecule has 0 aliphatic heterocycles. The molecule has 0 unspecified atom stereocenters. The Kier molecular flexibility index (Phi) is 1.22. The van der Waals surface area contributed by atoms with Crippen LogP contribution in [0.25, 0.3) is 11.1 Å². The van der Waals surface area contributed by atoms with Crippen LogP contribution < -0.4 is 5.73 Å². The summed E-state index contributed by atoms with van der Waals surface area (Å²) >= 11 is 5.64. The number of rotatable bonds is 0. The zero-order valence-corrected chi connectivity index (χ0v) is 6.17. The van der Waals surface area contributed by atoms with E-state index in [4.69, 9.17) is 21.9 Å². The number of hydrogen-bond donors (Lipinski definition) is 1. The van der Waals surface area contributed by atoms with E-state index in [1.807, 2.05) is 0 Å². The van der Waals surface area contributed by atoms with Gasteiger partial charge < -0.3 is 10.3 Å². The van der Waals surface area contributed by atoms with Crippen LogP contribution >= 0.6 is 11.6 Å². The summed E-state index contributed by atoms with van der Waals surface area (Å²) in [5, 5.41) is 4.03. The second-order valence-electron chi connectivity index (χ2n) is 2.07. The summed E-state index contributed by atoms with van der Waals surface area (Å²) in [6.07, 6.45) is 1.50. The van der Waals surface area contributed by atoms with Gasteiger partial charge in [-0.2, -0.15) is 0 Å². The Bertz CT molecular complexity index is 398. The topological polar surface area (TPSA) is 64.9 Å². The normalized spacial score (nSPS) is 10.6. The third-order valence-electron chi connectivity index (χ3n) is 1.30. The highest BCUT2D eigenvalue weighted by atomic mass is 35.5. The van der Waals surface area contributed by atoms with Crippen LogP contribution in [0.2, 0.25) is 5.02 Å². The van der Waals surface area contributed by atoms with Gasteiger partial charge in [-0.3, -0.25) is 0 Å². The fourth-order valence-electron chi connectivity index (χ4n) is 0.824. The first-order chi connectivity index (χ1) is 5.27. The van der Waals surface area contributed by atoms with E-state index in [1.165, 1.54) is 6.20 Å². The first-order valence-corrected chi connectivity index (χ1v) is 3.31. The molecule has 11 heavy (non-hydrogen) atoms. The molecule has 2 aromatic rings. The van der Waals surface area contributed by atoms with Gasteiger partial charge in [-0.05, 0) is 0 Å². The van der Waals surface area contributed by atoms with Gasteiger partial charge in [0, 0.05) is 12.3 Å². The molecule has 0 aliphatic rings. The van der Waals surface area contributed by atoms with Gasteiger partial charge in [-0.1, -0.05) is 16.8 Å². The first kappa shape index (κ1) is 6.42. The number of nitrogens with zero attached hydrogens (tertiary/aromatic N) is 2. The van der Waals surface area contributed by atoms with Crippen molar-refractivity contribution in [1.82, 2.24) is 10.1 Å². The minimum Gasteiger partial charge on any atom is -0.379 e. The fraction of sp³-hybridized carbons (Fsp3) is 0. The molecule has 5 heteroatoms. The first-order valence-electron chi connectivity index (χ1n) is 2.94. The van der Waals surface area contributed by atoms with E-state index in [2.05, 4.69) is 10.1 Å². The van der Waals surface area contributed by atoms with Crippen LogP contribution in [0, 0.1) is 0 Å². The van der Waals surface area contributed by atoms with Gasteiger partial charge in [-0.15, -0.1) is 0 Å². The SMILES string of the molecule is Nc1noc2cc(Cl)cnc12. The molecular formula is C6H4ClN3O. The number of fused-ring (bicyclic) bond motifs is 1. The molecule has 0 saturated heterocycles. The fourth-order valence-corrected chi connectivity index (χ4v) is 0.972. The highest BCUT2D eigenvalue weighted by Gasteiger charge is 2.05. The van der Waals surface area contributed by atoms with Crippen molar-refractivity contribution in [3.63, 3.8) is 0 Å². The Morgan fingerprint density at radius 3 is 3.18 bits per heavy atom. The van der Waals surface area contributed by atoms with Crippen molar-refractivity contribution in [2.75, 3.05) is 5.73 Å². The maximum absolute atomic E-state index is 5.64. The molecule has 4 nitrogen and oxygen atoms in total. The maximum Gasteiger partial charge on any atom is 0.193 e. The second kappa shape index (κ2) is 2.10. The molecule has 0 aromatic carbocycles. The molecule has 0 radical (unpaired) electrons. The largest absolute Gasteiger partial charge is 0.379 e. The summed E-state index contributed by atoms with van der Waals surface area (Å²) in [5.41, 5.74) is 6.48. The van der Waals surface area contributed by atoms with Crippen LogP contribution in [0.3, 0.4) is 0 Å². The second-order valence-corrected chi connectivity index (χ2v) is 2.50. The van der Waals surface area contributed by atoms with E-state index in [0.717, 1.165) is 0 Å². The molecule has 2 rings (SSSR count). The molecule has 2 N–H and O–H groups in total. The number of halogens is 1. The standard InChI is InChI=1S/C6H4ClN3O/c7-3-1-4-5(9-2-3)6(8)10-11-4/h1-2H,(H2,8,10). The predicted molar refractivity (Wildman–Crippen MR) is 41.2 cm³/mol. The molecule has 0 saturated carbocycles. The maximum atomic E-state index is 5.64. The number of hydrogen-bond acceptors (Lipinski definition) is 4. The van der Waals surface area contributed by atoms with Crippen molar-refractivity contribution < 1.29 is 4.52 Å². The van der Waals surface area contributed by atoms with Gasteiger partial charge in [0.15, 0.2) is 16.9 Å². The monoisotopic (exact) mass is 169 g/mol. The quantitative estimate of drug-likeness (QED) is 0.649. The van der Waals surface area contributed by atoms with Crippen molar-refractivity contribution in [1.29, 1.82) is 0 Å². The zero-order valence-electron chi connectivity index (χ0n) is 5.41. The average Bonchev–Trinajstić information content (AvgIpc) is 2.32. The van der Waals surface area contributed by atoms with Crippen molar-refractivity contribution in [3.05, 3.63) is 17.3 Å². The van der Waals surface area contributed by atoms with Gasteiger partial charge in [0.2, 0.25) is 0 Å². The molecule has 0 bridgehead atoms. The highest BCUT2D eigenvalue weighted by molar-refractivity contribution is 6.31. The van der Waals surface area contributed by atoms with Crippen molar-refractivity contribution in [2.24, 2.45) is 0 Å². The lowest BCUT2D eigenvalue weighted by Gasteiger charge is -1.86. The Hall–Kier alpha value is -1.29. The van der Waals surface area contributed by atoms with Crippen LogP contribution in [-0.2, 0) is 0 Å². The zero-order chi connectivity index (χ0) is 7.84. The molecular weight excluding hydrogens is 166 g/mol. The molecule has 0 atom stereocenters. The molecule has 0 amide bonds. The van der Waals surface area contributed by atoms with Gasteiger partial charge in [0.1, 0.15) is 0 Å². The summed E-state index contributed by atoms with van der Waals surface area (Å²) in [5.74, 6) is 0.289. The Morgan fingerprint density at radius 2 is 2.36 bits per heavy atom. The van der Waals surface area contributed by atoms with Gasteiger partial charge >= 0.3 is 0 Å². The molecule has 0 aliphatic carbocycles. The van der Waals surface area contributed by atoms with E-state index in [-0.39, 0.29) is 5.82 Å². The lowest BCUT2D eigenvalue weighted by atomic mass is 10.4. The minimum atomic E-state index is 0.289. The minimum absolute atomic E-state index is 0.289. The van der Waals surface area contributed by atoms with Crippen LogP contribution in [0.5, 0.6) is 0 Å². The van der Waals surface area contributed by atoms with Gasteiger partial charge in [-0.25, -0.2) is 4.98 Å². The van der Waals surface area contributed by atoms with Gasteiger partial charge in [0.05, 0.1) is 5.02 Å². The van der Waals surface area contributed by atoms with E-state index in [1.54, 1.807) is 6.07 Å². The Morgan fingerprint density at radius 1 is 1.55 bits per heavy atom. The van der Waals surface area contributed by atoms with Crippen molar-refractivity contribution >= 4 is 28.5 Å². The lowest BCUT2D eigenvalue weighted by Crippen LogP contribution is -1.84. The number of nitrogens with two attached hydrogens (primary N) is 1. The molecule has 2 heterocycles. The summed E-state index contributed by atoms with van der Waals surface area (Å²) < 4.78 is 4.81. The molecule has 2 aromatic heterocycles. The summed E-state index contributed by atoms with van der Waals surface area (Å²) in [6, 6.07) is 1.62. The van der Waals surface area contributed by atoms with Crippen LogP contribution in [0.4, 0.5) is 5.82 Å². The lowest BCUT2D eigenvalue weighted by molar-refractivity contribution is 0.460. The average molecular weight is 170 g/mol. The van der Waals surface area contributed by atoms with Crippen LogP contribution in [-0.4, -0.2) is 10.1 Å². The third kappa shape index (κ3) is 0.914.